The predicted molar refractivity (Wildman–Crippen MR) is 54.9 cm³/mol. The highest BCUT2D eigenvalue weighted by atomic mass is 32.1. The molecule has 13 heavy (non-hydrogen) atoms. The van der Waals surface area contributed by atoms with Crippen molar-refractivity contribution in [1.82, 2.24) is 4.98 Å². The lowest BCUT2D eigenvalue weighted by atomic mass is 10.2. The topological polar surface area (TPSA) is 33.1 Å². The van der Waals surface area contributed by atoms with Crippen molar-refractivity contribution in [3.8, 4) is 0 Å². The lowest BCUT2D eigenvalue weighted by Crippen LogP contribution is -2.14. The summed E-state index contributed by atoms with van der Waals surface area (Å²) < 4.78 is 1.12. The van der Waals surface area contributed by atoms with Gasteiger partial charge in [0.1, 0.15) is 10.6 Å². The minimum absolute atomic E-state index is 0.772. The van der Waals surface area contributed by atoms with Crippen molar-refractivity contribution in [2.75, 3.05) is 0 Å². The van der Waals surface area contributed by atoms with Crippen molar-refractivity contribution in [3.63, 3.8) is 0 Å². The molecule has 1 heterocycles. The van der Waals surface area contributed by atoms with Crippen LogP contribution in [0.3, 0.4) is 0 Å². The summed E-state index contributed by atoms with van der Waals surface area (Å²) in [5.74, 6) is 0. The fourth-order valence-corrected chi connectivity index (χ4v) is 2.10. The summed E-state index contributed by atoms with van der Waals surface area (Å²) in [7, 11) is 0. The molecule has 1 aromatic carbocycles. The van der Waals surface area contributed by atoms with Crippen LogP contribution in [0.5, 0.6) is 0 Å². The summed E-state index contributed by atoms with van der Waals surface area (Å²) in [5.41, 5.74) is 0.133. The van der Waals surface area contributed by atoms with Crippen molar-refractivity contribution in [2.24, 2.45) is 0 Å². The average molecular weight is 193 g/mol. The lowest BCUT2D eigenvalue weighted by Gasteiger charge is -2.11. The number of thiazole rings is 1. The molecule has 1 aromatic heterocycles. The smallest absolute Gasteiger partial charge is 0.125 e. The molecule has 0 aliphatic carbocycles. The number of hydrogen-bond acceptors (Lipinski definition) is 3. The molecule has 0 bridgehead atoms. The van der Waals surface area contributed by atoms with Gasteiger partial charge < -0.3 is 5.11 Å². The maximum Gasteiger partial charge on any atom is 0.125 e. The predicted octanol–water partition coefficient (Wildman–Crippen LogP) is 2.52. The molecule has 0 unspecified atom stereocenters. The fourth-order valence-electron chi connectivity index (χ4n) is 1.13. The van der Waals surface area contributed by atoms with E-state index in [9.17, 15) is 5.11 Å². The second kappa shape index (κ2) is 2.79. The van der Waals surface area contributed by atoms with Gasteiger partial charge in [-0.1, -0.05) is 12.1 Å². The molecule has 3 heteroatoms. The van der Waals surface area contributed by atoms with E-state index < -0.39 is 5.60 Å². The third kappa shape index (κ3) is 1.57. The van der Waals surface area contributed by atoms with E-state index in [-0.39, 0.29) is 0 Å². The lowest BCUT2D eigenvalue weighted by molar-refractivity contribution is 0.0785. The summed E-state index contributed by atoms with van der Waals surface area (Å²) in [6.45, 7) is 3.51. The van der Waals surface area contributed by atoms with Gasteiger partial charge in [-0.3, -0.25) is 0 Å². The maximum atomic E-state index is 9.74. The Bertz CT molecular complexity index is 395. The normalized spacial score (nSPS) is 12.2. The monoisotopic (exact) mass is 193 g/mol. The Hall–Kier alpha value is -0.930. The zero-order chi connectivity index (χ0) is 9.47. The molecule has 2 aromatic rings. The van der Waals surface area contributed by atoms with Gasteiger partial charge in [-0.05, 0) is 26.0 Å². The largest absolute Gasteiger partial charge is 0.383 e. The zero-order valence-corrected chi connectivity index (χ0v) is 8.43. The highest BCUT2D eigenvalue weighted by molar-refractivity contribution is 7.18. The third-order valence-electron chi connectivity index (χ3n) is 1.82. The Morgan fingerprint density at radius 3 is 2.62 bits per heavy atom. The first-order chi connectivity index (χ1) is 6.07. The van der Waals surface area contributed by atoms with Gasteiger partial charge in [0.05, 0.1) is 10.2 Å². The Morgan fingerprint density at radius 2 is 2.00 bits per heavy atom. The second-order valence-electron chi connectivity index (χ2n) is 3.55. The van der Waals surface area contributed by atoms with Crippen molar-refractivity contribution < 1.29 is 5.11 Å². The van der Waals surface area contributed by atoms with Crippen molar-refractivity contribution in [3.05, 3.63) is 29.3 Å². The quantitative estimate of drug-likeness (QED) is 0.755. The van der Waals surface area contributed by atoms with E-state index in [1.54, 1.807) is 25.2 Å². The van der Waals surface area contributed by atoms with Gasteiger partial charge in [0.25, 0.3) is 0 Å². The molecule has 2 nitrogen and oxygen atoms in total. The Balaban J connectivity index is 2.63. The number of aromatic nitrogens is 1. The van der Waals surface area contributed by atoms with E-state index >= 15 is 0 Å². The minimum Gasteiger partial charge on any atom is -0.383 e. The third-order valence-corrected chi connectivity index (χ3v) is 3.17. The summed E-state index contributed by atoms with van der Waals surface area (Å²) >= 11 is 1.54. The molecule has 0 amide bonds. The van der Waals surface area contributed by atoms with Gasteiger partial charge in [-0.15, -0.1) is 11.3 Å². The van der Waals surface area contributed by atoms with E-state index in [1.165, 1.54) is 0 Å². The van der Waals surface area contributed by atoms with Crippen LogP contribution in [0.4, 0.5) is 0 Å². The van der Waals surface area contributed by atoms with Crippen LogP contribution in [0.2, 0.25) is 0 Å². The molecule has 0 atom stereocenters. The van der Waals surface area contributed by atoms with Gasteiger partial charge in [-0.25, -0.2) is 4.98 Å². The molecule has 0 aliphatic rings. The molecular weight excluding hydrogens is 182 g/mol. The number of benzene rings is 1. The van der Waals surface area contributed by atoms with Crippen LogP contribution in [-0.2, 0) is 5.60 Å². The first-order valence-corrected chi connectivity index (χ1v) is 4.97. The molecule has 68 valence electrons. The molecule has 0 spiro atoms. The van der Waals surface area contributed by atoms with Crippen LogP contribution in [-0.4, -0.2) is 10.1 Å². The van der Waals surface area contributed by atoms with Crippen LogP contribution >= 0.6 is 11.3 Å². The molecule has 0 saturated carbocycles. The van der Waals surface area contributed by atoms with Crippen LogP contribution in [0, 0.1) is 0 Å². The van der Waals surface area contributed by atoms with Gasteiger partial charge >= 0.3 is 0 Å². The summed E-state index contributed by atoms with van der Waals surface area (Å²) in [5, 5.41) is 10.5. The number of rotatable bonds is 1. The van der Waals surface area contributed by atoms with Crippen LogP contribution < -0.4 is 0 Å². The molecule has 2 rings (SSSR count). The molecule has 0 aliphatic heterocycles. The van der Waals surface area contributed by atoms with E-state index in [0.717, 1.165) is 15.2 Å². The van der Waals surface area contributed by atoms with Gasteiger partial charge in [-0.2, -0.15) is 0 Å². The van der Waals surface area contributed by atoms with E-state index in [1.807, 2.05) is 24.3 Å². The number of nitrogens with zero attached hydrogens (tertiary/aromatic N) is 1. The molecular formula is C10H11NOS. The SMILES string of the molecule is CC(C)(O)c1nc2ccccc2s1. The van der Waals surface area contributed by atoms with E-state index in [2.05, 4.69) is 4.98 Å². The summed E-state index contributed by atoms with van der Waals surface area (Å²) in [6, 6.07) is 7.91. The van der Waals surface area contributed by atoms with Gasteiger partial charge in [0, 0.05) is 0 Å². The molecule has 0 saturated heterocycles. The fraction of sp³-hybridized carbons (Fsp3) is 0.300. The molecule has 0 radical (unpaired) electrons. The number of aliphatic hydroxyl groups is 1. The Kier molecular flexibility index (Phi) is 1.86. The number of para-hydroxylation sites is 1. The van der Waals surface area contributed by atoms with Crippen LogP contribution in [0.25, 0.3) is 10.2 Å². The standard InChI is InChI=1S/C10H11NOS/c1-10(2,12)9-11-7-5-3-4-6-8(7)13-9/h3-6,12H,1-2H3. The van der Waals surface area contributed by atoms with Crippen LogP contribution in [0.15, 0.2) is 24.3 Å². The average Bonchev–Trinajstić information content (AvgIpc) is 2.45. The summed E-state index contributed by atoms with van der Waals surface area (Å²) in [6.07, 6.45) is 0. The summed E-state index contributed by atoms with van der Waals surface area (Å²) in [4.78, 5) is 4.35. The minimum atomic E-state index is -0.830. The Labute approximate surface area is 80.9 Å². The zero-order valence-electron chi connectivity index (χ0n) is 7.61. The molecule has 0 fully saturated rings. The highest BCUT2D eigenvalue weighted by Gasteiger charge is 2.20. The van der Waals surface area contributed by atoms with Gasteiger partial charge in [0.15, 0.2) is 0 Å². The van der Waals surface area contributed by atoms with E-state index in [4.69, 9.17) is 0 Å². The van der Waals surface area contributed by atoms with Crippen LogP contribution in [0.1, 0.15) is 18.9 Å². The maximum absolute atomic E-state index is 9.74. The second-order valence-corrected chi connectivity index (χ2v) is 4.58. The van der Waals surface area contributed by atoms with Crippen molar-refractivity contribution >= 4 is 21.6 Å². The van der Waals surface area contributed by atoms with Crippen molar-refractivity contribution in [2.45, 2.75) is 19.4 Å². The first kappa shape index (κ1) is 8.66. The van der Waals surface area contributed by atoms with Gasteiger partial charge in [0.2, 0.25) is 0 Å². The first-order valence-electron chi connectivity index (χ1n) is 4.16. The van der Waals surface area contributed by atoms with Crippen molar-refractivity contribution in [1.29, 1.82) is 0 Å². The Morgan fingerprint density at radius 1 is 1.31 bits per heavy atom. The number of fused-ring (bicyclic) bond motifs is 1. The molecule has 1 N–H and O–H groups in total. The number of hydrogen-bond donors (Lipinski definition) is 1. The van der Waals surface area contributed by atoms with E-state index in [0.29, 0.717) is 0 Å². The highest BCUT2D eigenvalue weighted by Crippen LogP contribution is 2.29.